The lowest BCUT2D eigenvalue weighted by atomic mass is 10.0. The SMILES string of the molecule is CCCCCCCCCCCCCCCCCCCCCCC(=O)O[C@H](COC(=O)CCCCCCCCCCCCCCCCCCC)COP(=O)(O)OC[C@@H](O)COP(=O)(O)OC[C@@H](COC(=O)CCCCCCCCCCCCC)OC(=O)CCCCCCCCCCCCCCCCCC. The van der Waals surface area contributed by atoms with E-state index >= 15 is 0 Å². The molecule has 0 aromatic heterocycles. The number of rotatable bonds is 86. The number of carbonyl (C=O) groups excluding carboxylic acids is 4. The summed E-state index contributed by atoms with van der Waals surface area (Å²) < 4.78 is 68.9. The first-order valence-electron chi connectivity index (χ1n) is 44.3. The Balaban J connectivity index is 5.24. The highest BCUT2D eigenvalue weighted by Gasteiger charge is 2.30. The Kier molecular flexibility index (Phi) is 77.7. The van der Waals surface area contributed by atoms with Gasteiger partial charge in [-0.1, -0.05) is 413 Å². The highest BCUT2D eigenvalue weighted by Crippen LogP contribution is 2.45. The van der Waals surface area contributed by atoms with Crippen LogP contribution in [0.4, 0.5) is 0 Å². The lowest BCUT2D eigenvalue weighted by Gasteiger charge is -2.21. The van der Waals surface area contributed by atoms with E-state index in [9.17, 15) is 43.2 Å². The summed E-state index contributed by atoms with van der Waals surface area (Å²) in [4.78, 5) is 73.2. The minimum Gasteiger partial charge on any atom is -0.462 e. The van der Waals surface area contributed by atoms with E-state index in [1.807, 2.05) is 0 Å². The number of aliphatic hydroxyl groups excluding tert-OH is 1. The van der Waals surface area contributed by atoms with Crippen LogP contribution in [-0.4, -0.2) is 96.7 Å². The van der Waals surface area contributed by atoms with Crippen molar-refractivity contribution in [1.82, 2.24) is 0 Å². The van der Waals surface area contributed by atoms with Crippen molar-refractivity contribution in [2.24, 2.45) is 0 Å². The maximum Gasteiger partial charge on any atom is 0.472 e. The first-order valence-corrected chi connectivity index (χ1v) is 47.3. The van der Waals surface area contributed by atoms with Crippen molar-refractivity contribution in [1.29, 1.82) is 0 Å². The Hall–Kier alpha value is -1.94. The summed E-state index contributed by atoms with van der Waals surface area (Å²) in [7, 11) is -9.92. The number of phosphoric ester groups is 2. The normalized spacial score (nSPS) is 13.7. The van der Waals surface area contributed by atoms with Gasteiger partial charge >= 0.3 is 39.5 Å². The number of esters is 4. The summed E-state index contributed by atoms with van der Waals surface area (Å²) in [6, 6.07) is 0. The third kappa shape index (κ3) is 78.2. The molecule has 2 unspecified atom stereocenters. The van der Waals surface area contributed by atoms with Crippen LogP contribution in [0.1, 0.15) is 464 Å². The van der Waals surface area contributed by atoms with Gasteiger partial charge in [-0.2, -0.15) is 0 Å². The molecule has 3 N–H and O–H groups in total. The van der Waals surface area contributed by atoms with Crippen molar-refractivity contribution in [2.75, 3.05) is 39.6 Å². The fourth-order valence-electron chi connectivity index (χ4n) is 13.3. The molecule has 0 aliphatic heterocycles. The molecule has 0 aliphatic carbocycles. The molecule has 104 heavy (non-hydrogen) atoms. The van der Waals surface area contributed by atoms with Gasteiger partial charge in [0.15, 0.2) is 12.2 Å². The van der Waals surface area contributed by atoms with Gasteiger partial charge in [-0.3, -0.25) is 37.3 Å². The molecule has 0 aromatic carbocycles. The van der Waals surface area contributed by atoms with Gasteiger partial charge in [0.1, 0.15) is 19.3 Å². The Morgan fingerprint density at radius 3 is 0.567 bits per heavy atom. The zero-order valence-electron chi connectivity index (χ0n) is 68.0. The Morgan fingerprint density at radius 2 is 0.385 bits per heavy atom. The molecular formula is C85H166O17P2. The number of ether oxygens (including phenoxy) is 4. The largest absolute Gasteiger partial charge is 0.472 e. The average Bonchev–Trinajstić information content (AvgIpc) is 0.939. The number of carbonyl (C=O) groups is 4. The smallest absolute Gasteiger partial charge is 0.462 e. The summed E-state index contributed by atoms with van der Waals surface area (Å²) in [5.74, 6) is -2.10. The maximum absolute atomic E-state index is 13.1. The monoisotopic (exact) mass is 1520 g/mol. The molecule has 0 rings (SSSR count). The molecule has 0 saturated carbocycles. The van der Waals surface area contributed by atoms with Crippen LogP contribution in [0.15, 0.2) is 0 Å². The predicted molar refractivity (Wildman–Crippen MR) is 428 cm³/mol. The molecule has 5 atom stereocenters. The van der Waals surface area contributed by atoms with E-state index in [0.717, 1.165) is 89.9 Å². The van der Waals surface area contributed by atoms with Crippen molar-refractivity contribution in [3.05, 3.63) is 0 Å². The van der Waals surface area contributed by atoms with Gasteiger partial charge in [0.25, 0.3) is 0 Å². The quantitative estimate of drug-likeness (QED) is 0.0222. The van der Waals surface area contributed by atoms with E-state index in [1.54, 1.807) is 0 Å². The fourth-order valence-corrected chi connectivity index (χ4v) is 14.9. The van der Waals surface area contributed by atoms with Crippen LogP contribution in [0.2, 0.25) is 0 Å². The lowest BCUT2D eigenvalue weighted by Crippen LogP contribution is -2.30. The molecule has 0 saturated heterocycles. The summed E-state index contributed by atoms with van der Waals surface area (Å²) in [5, 5.41) is 10.7. The van der Waals surface area contributed by atoms with Crippen LogP contribution in [0.5, 0.6) is 0 Å². The second-order valence-corrected chi connectivity index (χ2v) is 33.5. The van der Waals surface area contributed by atoms with Crippen LogP contribution in [-0.2, 0) is 65.4 Å². The zero-order chi connectivity index (χ0) is 76.0. The number of hydrogen-bond donors (Lipinski definition) is 3. The van der Waals surface area contributed by atoms with Gasteiger partial charge < -0.3 is 33.8 Å². The van der Waals surface area contributed by atoms with Gasteiger partial charge in [0, 0.05) is 25.7 Å². The van der Waals surface area contributed by atoms with Crippen LogP contribution in [0, 0.1) is 0 Å². The molecular weight excluding hydrogens is 1350 g/mol. The molecule has 19 heteroatoms. The van der Waals surface area contributed by atoms with Crippen molar-refractivity contribution in [2.45, 2.75) is 483 Å². The maximum atomic E-state index is 13.1. The van der Waals surface area contributed by atoms with Gasteiger partial charge in [-0.05, 0) is 25.7 Å². The fraction of sp³-hybridized carbons (Fsp3) is 0.953. The van der Waals surface area contributed by atoms with Gasteiger partial charge in [-0.25, -0.2) is 9.13 Å². The summed E-state index contributed by atoms with van der Waals surface area (Å²) in [6.45, 7) is 5.06. The van der Waals surface area contributed by atoms with Gasteiger partial charge in [0.05, 0.1) is 26.4 Å². The summed E-state index contributed by atoms with van der Waals surface area (Å²) >= 11 is 0. The minimum atomic E-state index is -4.96. The van der Waals surface area contributed by atoms with Gasteiger partial charge in [0.2, 0.25) is 0 Å². The van der Waals surface area contributed by atoms with Crippen molar-refractivity contribution in [3.63, 3.8) is 0 Å². The molecule has 17 nitrogen and oxygen atoms in total. The number of aliphatic hydroxyl groups is 1. The Morgan fingerprint density at radius 1 is 0.231 bits per heavy atom. The van der Waals surface area contributed by atoms with Crippen molar-refractivity contribution in [3.8, 4) is 0 Å². The van der Waals surface area contributed by atoms with Crippen LogP contribution in [0.25, 0.3) is 0 Å². The van der Waals surface area contributed by atoms with E-state index in [4.69, 9.17) is 37.0 Å². The van der Waals surface area contributed by atoms with Crippen molar-refractivity contribution < 1.29 is 80.2 Å². The number of hydrogen-bond acceptors (Lipinski definition) is 15. The number of phosphoric acid groups is 2. The third-order valence-corrected chi connectivity index (χ3v) is 22.0. The predicted octanol–water partition coefficient (Wildman–Crippen LogP) is 26.1. The molecule has 0 radical (unpaired) electrons. The molecule has 0 heterocycles. The van der Waals surface area contributed by atoms with E-state index < -0.39 is 97.5 Å². The second kappa shape index (κ2) is 79.2. The zero-order valence-corrected chi connectivity index (χ0v) is 69.8. The molecule has 618 valence electrons. The van der Waals surface area contributed by atoms with Gasteiger partial charge in [-0.15, -0.1) is 0 Å². The summed E-state index contributed by atoms with van der Waals surface area (Å²) in [5.41, 5.74) is 0. The summed E-state index contributed by atoms with van der Waals surface area (Å²) in [6.07, 6.45) is 73.5. The average molecular weight is 1520 g/mol. The third-order valence-electron chi connectivity index (χ3n) is 20.1. The van der Waals surface area contributed by atoms with Crippen LogP contribution < -0.4 is 0 Å². The van der Waals surface area contributed by atoms with Crippen LogP contribution in [0.3, 0.4) is 0 Å². The van der Waals surface area contributed by atoms with E-state index in [0.29, 0.717) is 25.7 Å². The second-order valence-electron chi connectivity index (χ2n) is 30.6. The molecule has 0 aliphatic rings. The standard InChI is InChI=1S/C85H166O17P2/c1-5-9-13-17-21-25-29-32-35-38-39-40-42-45-48-52-56-60-64-68-72-85(90)102-81(76-96-83(88)70-66-62-58-54-50-46-44-41-36-33-30-26-22-18-14-10-6-2)78-100-104(93,94)98-74-79(86)73-97-103(91,92)99-77-80(75-95-82(87)69-65-61-57-53-49-28-24-20-16-12-8-4)101-84(89)71-67-63-59-55-51-47-43-37-34-31-27-23-19-15-11-7-3/h79-81,86H,5-78H2,1-4H3,(H,91,92)(H,93,94)/t79-,80+,81+/m0/s1. The van der Waals surface area contributed by atoms with E-state index in [-0.39, 0.29) is 25.7 Å². The van der Waals surface area contributed by atoms with Crippen molar-refractivity contribution >= 4 is 39.5 Å². The molecule has 0 bridgehead atoms. The molecule has 0 spiro atoms. The van der Waals surface area contributed by atoms with Crippen LogP contribution >= 0.6 is 15.6 Å². The lowest BCUT2D eigenvalue weighted by molar-refractivity contribution is -0.161. The molecule has 0 amide bonds. The Bertz CT molecular complexity index is 1960. The topological polar surface area (TPSA) is 237 Å². The minimum absolute atomic E-state index is 0.109. The molecule has 0 fully saturated rings. The first-order chi connectivity index (χ1) is 50.7. The molecule has 0 aromatic rings. The highest BCUT2D eigenvalue weighted by atomic mass is 31.2. The highest BCUT2D eigenvalue weighted by molar-refractivity contribution is 7.47. The Labute approximate surface area is 638 Å². The van der Waals surface area contributed by atoms with E-state index in [2.05, 4.69) is 27.7 Å². The number of unbranched alkanes of at least 4 members (excludes halogenated alkanes) is 60. The van der Waals surface area contributed by atoms with E-state index in [1.165, 1.54) is 295 Å². The first kappa shape index (κ1) is 102.